The summed E-state index contributed by atoms with van der Waals surface area (Å²) < 4.78 is 0. The zero-order valence-corrected chi connectivity index (χ0v) is 8.41. The Morgan fingerprint density at radius 2 is 2.29 bits per heavy atom. The van der Waals surface area contributed by atoms with Crippen LogP contribution in [-0.4, -0.2) is 11.8 Å². The molecule has 4 aliphatic carbocycles. The van der Waals surface area contributed by atoms with Crippen LogP contribution in [0, 0.1) is 17.3 Å². The van der Waals surface area contributed by atoms with Crippen LogP contribution in [0.25, 0.3) is 0 Å². The van der Waals surface area contributed by atoms with Gasteiger partial charge in [-0.15, -0.1) is 0 Å². The van der Waals surface area contributed by atoms with Crippen molar-refractivity contribution in [1.82, 2.24) is 0 Å². The van der Waals surface area contributed by atoms with Gasteiger partial charge in [-0.05, 0) is 42.9 Å². The molecule has 0 radical (unpaired) electrons. The van der Waals surface area contributed by atoms with Crippen molar-refractivity contribution in [2.45, 2.75) is 38.1 Å². The van der Waals surface area contributed by atoms with Gasteiger partial charge in [-0.1, -0.05) is 12.2 Å². The number of rotatable bonds is 0. The van der Waals surface area contributed by atoms with Gasteiger partial charge in [0.05, 0.1) is 6.04 Å². The molecule has 2 saturated carbocycles. The van der Waals surface area contributed by atoms with E-state index < -0.39 is 0 Å². The van der Waals surface area contributed by atoms with E-state index in [1.165, 1.54) is 12.8 Å². The zero-order valence-electron chi connectivity index (χ0n) is 8.41. The molecule has 4 aliphatic rings. The van der Waals surface area contributed by atoms with E-state index in [9.17, 15) is 4.79 Å². The van der Waals surface area contributed by atoms with E-state index in [1.54, 1.807) is 0 Å². The Labute approximate surface area is 84.5 Å². The third-order valence-corrected chi connectivity index (χ3v) is 4.62. The standard InChI is InChI=1S/C12H17NO/c13-11-9-7-8-1-4-12(9,5-2-8)6-3-10(11)14/h1,4,8-9,11H,2-3,5-7,13H2. The van der Waals surface area contributed by atoms with Gasteiger partial charge >= 0.3 is 0 Å². The topological polar surface area (TPSA) is 43.1 Å². The van der Waals surface area contributed by atoms with Gasteiger partial charge in [0.15, 0.2) is 0 Å². The summed E-state index contributed by atoms with van der Waals surface area (Å²) in [4.78, 5) is 11.6. The molecule has 0 amide bonds. The van der Waals surface area contributed by atoms with Crippen LogP contribution >= 0.6 is 0 Å². The largest absolute Gasteiger partial charge is 0.321 e. The number of hydrogen-bond acceptors (Lipinski definition) is 2. The first-order valence-corrected chi connectivity index (χ1v) is 5.69. The Bertz CT molecular complexity index is 309. The Kier molecular flexibility index (Phi) is 1.67. The Hall–Kier alpha value is -0.630. The molecule has 0 heterocycles. The summed E-state index contributed by atoms with van der Waals surface area (Å²) in [5.74, 6) is 1.45. The average Bonchev–Trinajstić information content (AvgIpc) is 2.25. The van der Waals surface area contributed by atoms with Crippen LogP contribution in [0.1, 0.15) is 32.1 Å². The first kappa shape index (κ1) is 8.66. The first-order valence-electron chi connectivity index (χ1n) is 5.69. The predicted molar refractivity (Wildman–Crippen MR) is 54.6 cm³/mol. The summed E-state index contributed by atoms with van der Waals surface area (Å²) in [5.41, 5.74) is 6.34. The molecule has 0 aromatic carbocycles. The van der Waals surface area contributed by atoms with Gasteiger partial charge in [0.2, 0.25) is 0 Å². The van der Waals surface area contributed by atoms with E-state index in [-0.39, 0.29) is 6.04 Å². The minimum absolute atomic E-state index is 0.170. The summed E-state index contributed by atoms with van der Waals surface area (Å²) >= 11 is 0. The lowest BCUT2D eigenvalue weighted by atomic mass is 9.52. The number of nitrogens with two attached hydrogens (primary N) is 1. The molecule has 0 saturated heterocycles. The molecular formula is C12H17NO. The Balaban J connectivity index is 1.99. The SMILES string of the molecule is NC1C(=O)CCC23C=CC(CC2)CC13. The van der Waals surface area contributed by atoms with Crippen molar-refractivity contribution in [1.29, 1.82) is 0 Å². The highest BCUT2D eigenvalue weighted by Crippen LogP contribution is 2.55. The molecule has 0 aliphatic heterocycles. The minimum Gasteiger partial charge on any atom is -0.321 e. The maximum Gasteiger partial charge on any atom is 0.149 e. The maximum atomic E-state index is 11.6. The molecule has 14 heavy (non-hydrogen) atoms. The van der Waals surface area contributed by atoms with E-state index in [2.05, 4.69) is 12.2 Å². The average molecular weight is 191 g/mol. The van der Waals surface area contributed by atoms with E-state index in [0.29, 0.717) is 29.5 Å². The first-order chi connectivity index (χ1) is 6.71. The molecule has 2 heteroatoms. The predicted octanol–water partition coefficient (Wildman–Crippen LogP) is 1.65. The highest BCUT2D eigenvalue weighted by molar-refractivity contribution is 5.85. The molecule has 2 nitrogen and oxygen atoms in total. The molecule has 2 fully saturated rings. The lowest BCUT2D eigenvalue weighted by molar-refractivity contribution is -0.128. The van der Waals surface area contributed by atoms with E-state index in [1.807, 2.05) is 0 Å². The van der Waals surface area contributed by atoms with Crippen LogP contribution in [0.5, 0.6) is 0 Å². The highest BCUT2D eigenvalue weighted by Gasteiger charge is 2.50. The van der Waals surface area contributed by atoms with Crippen LogP contribution in [0.2, 0.25) is 0 Å². The quantitative estimate of drug-likeness (QED) is 0.592. The van der Waals surface area contributed by atoms with Crippen molar-refractivity contribution in [3.05, 3.63) is 12.2 Å². The van der Waals surface area contributed by atoms with Crippen molar-refractivity contribution in [3.8, 4) is 0 Å². The van der Waals surface area contributed by atoms with Crippen molar-refractivity contribution >= 4 is 5.78 Å². The second-order valence-electron chi connectivity index (χ2n) is 5.23. The van der Waals surface area contributed by atoms with Gasteiger partial charge in [0, 0.05) is 6.42 Å². The number of hydrogen-bond donors (Lipinski definition) is 1. The van der Waals surface area contributed by atoms with Crippen molar-refractivity contribution in [2.75, 3.05) is 0 Å². The fourth-order valence-electron chi connectivity index (χ4n) is 3.67. The molecule has 4 unspecified atom stereocenters. The fraction of sp³-hybridized carbons (Fsp3) is 0.750. The van der Waals surface area contributed by atoms with Gasteiger partial charge in [0.25, 0.3) is 0 Å². The Morgan fingerprint density at radius 1 is 1.43 bits per heavy atom. The van der Waals surface area contributed by atoms with Gasteiger partial charge in [0.1, 0.15) is 5.78 Å². The molecule has 2 bridgehead atoms. The Morgan fingerprint density at radius 3 is 3.00 bits per heavy atom. The summed E-state index contributed by atoms with van der Waals surface area (Å²) in [7, 11) is 0. The third-order valence-electron chi connectivity index (χ3n) is 4.62. The molecule has 2 N–H and O–H groups in total. The molecule has 76 valence electrons. The summed E-state index contributed by atoms with van der Waals surface area (Å²) in [6.45, 7) is 0. The smallest absolute Gasteiger partial charge is 0.149 e. The molecule has 0 aromatic heterocycles. The number of carbonyl (C=O) groups is 1. The summed E-state index contributed by atoms with van der Waals surface area (Å²) in [6.07, 6.45) is 10.2. The number of Topliss-reactive ketones (excluding diaryl/α,β-unsaturated/α-hetero) is 1. The molecule has 4 atom stereocenters. The molecular weight excluding hydrogens is 174 g/mol. The molecule has 0 aromatic rings. The lowest BCUT2D eigenvalue weighted by Crippen LogP contribution is -2.54. The van der Waals surface area contributed by atoms with Crippen LogP contribution in [0.15, 0.2) is 12.2 Å². The van der Waals surface area contributed by atoms with E-state index in [4.69, 9.17) is 5.73 Å². The van der Waals surface area contributed by atoms with E-state index >= 15 is 0 Å². The number of fused-ring (bicyclic) bond motifs is 1. The van der Waals surface area contributed by atoms with E-state index in [0.717, 1.165) is 12.8 Å². The number of carbonyl (C=O) groups excluding carboxylic acids is 1. The van der Waals surface area contributed by atoms with Gasteiger partial charge in [-0.25, -0.2) is 0 Å². The monoisotopic (exact) mass is 191 g/mol. The summed E-state index contributed by atoms with van der Waals surface area (Å²) in [6, 6.07) is -0.170. The maximum absolute atomic E-state index is 11.6. The number of allylic oxidation sites excluding steroid dienone is 2. The van der Waals surface area contributed by atoms with Gasteiger partial charge in [-0.2, -0.15) is 0 Å². The van der Waals surface area contributed by atoms with Crippen LogP contribution in [0.4, 0.5) is 0 Å². The van der Waals surface area contributed by atoms with Crippen molar-refractivity contribution in [3.63, 3.8) is 0 Å². The van der Waals surface area contributed by atoms with Gasteiger partial charge < -0.3 is 5.73 Å². The van der Waals surface area contributed by atoms with Gasteiger partial charge in [-0.3, -0.25) is 4.79 Å². The van der Waals surface area contributed by atoms with Crippen LogP contribution < -0.4 is 5.73 Å². The summed E-state index contributed by atoms with van der Waals surface area (Å²) in [5, 5.41) is 0. The minimum atomic E-state index is -0.170. The second kappa shape index (κ2) is 2.69. The van der Waals surface area contributed by atoms with Crippen LogP contribution in [0.3, 0.4) is 0 Å². The second-order valence-corrected chi connectivity index (χ2v) is 5.23. The molecule has 1 spiro atoms. The zero-order chi connectivity index (χ0) is 9.76. The fourth-order valence-corrected chi connectivity index (χ4v) is 3.67. The third kappa shape index (κ3) is 0.977. The molecule has 4 rings (SSSR count). The lowest BCUT2D eigenvalue weighted by Gasteiger charge is -2.52. The normalized spacial score (nSPS) is 50.6. The van der Waals surface area contributed by atoms with Crippen LogP contribution in [-0.2, 0) is 4.79 Å². The van der Waals surface area contributed by atoms with Crippen molar-refractivity contribution < 1.29 is 4.79 Å². The highest BCUT2D eigenvalue weighted by atomic mass is 16.1. The number of ketones is 1. The van der Waals surface area contributed by atoms with Crippen molar-refractivity contribution in [2.24, 2.45) is 23.0 Å².